The molecule has 3 heterocycles. The van der Waals surface area contributed by atoms with Crippen molar-refractivity contribution in [3.05, 3.63) is 48.9 Å². The first-order valence-corrected chi connectivity index (χ1v) is 11.3. The Morgan fingerprint density at radius 3 is 2.67 bits per heavy atom. The fourth-order valence-electron chi connectivity index (χ4n) is 4.99. The van der Waals surface area contributed by atoms with Crippen LogP contribution in [0.25, 0.3) is 33.5 Å². The van der Waals surface area contributed by atoms with Crippen molar-refractivity contribution in [2.45, 2.75) is 26.2 Å². The van der Waals surface area contributed by atoms with Gasteiger partial charge in [0.2, 0.25) is 5.91 Å². The predicted octanol–water partition coefficient (Wildman–Crippen LogP) is 4.23. The number of rotatable bonds is 6. The highest BCUT2D eigenvalue weighted by Crippen LogP contribution is 2.64. The van der Waals surface area contributed by atoms with Gasteiger partial charge in [0.05, 0.1) is 17.5 Å². The van der Waals surface area contributed by atoms with Crippen molar-refractivity contribution in [2.75, 3.05) is 11.9 Å². The lowest BCUT2D eigenvalue weighted by Crippen LogP contribution is -2.58. The van der Waals surface area contributed by atoms with E-state index in [2.05, 4.69) is 20.4 Å². The molecule has 0 aliphatic heterocycles. The zero-order chi connectivity index (χ0) is 22.6. The number of nitrogens with zero attached hydrogens (tertiary/aromatic N) is 5. The number of anilines is 1. The third-order valence-electron chi connectivity index (χ3n) is 6.76. The maximum absolute atomic E-state index is 13.0. The van der Waals surface area contributed by atoms with Crippen molar-refractivity contribution in [2.24, 2.45) is 18.4 Å². The number of fused-ring (bicyclic) bond motifs is 1. The van der Waals surface area contributed by atoms with E-state index in [4.69, 9.17) is 9.72 Å². The molecular formula is C25H24N6O2. The lowest BCUT2D eigenvalue weighted by molar-refractivity contribution is -0.158. The van der Waals surface area contributed by atoms with Gasteiger partial charge in [0.25, 0.3) is 0 Å². The Kier molecular flexibility index (Phi) is 4.43. The van der Waals surface area contributed by atoms with Crippen molar-refractivity contribution in [1.82, 2.24) is 24.7 Å². The van der Waals surface area contributed by atoms with Crippen LogP contribution in [-0.4, -0.2) is 37.2 Å². The second-order valence-corrected chi connectivity index (χ2v) is 9.00. The van der Waals surface area contributed by atoms with Crippen LogP contribution < -0.4 is 10.1 Å². The number of hydrogen-bond acceptors (Lipinski definition) is 6. The van der Waals surface area contributed by atoms with Gasteiger partial charge in [-0.25, -0.2) is 15.0 Å². The fraction of sp³-hybridized carbons (Fsp3) is 0.320. The van der Waals surface area contributed by atoms with Gasteiger partial charge >= 0.3 is 0 Å². The van der Waals surface area contributed by atoms with Gasteiger partial charge in [-0.3, -0.25) is 9.48 Å². The first kappa shape index (κ1) is 19.8. The van der Waals surface area contributed by atoms with Gasteiger partial charge < -0.3 is 10.1 Å². The molecule has 1 amide bonds. The lowest BCUT2D eigenvalue weighted by Gasteiger charge is -2.59. The van der Waals surface area contributed by atoms with E-state index in [0.29, 0.717) is 40.8 Å². The van der Waals surface area contributed by atoms with Crippen LogP contribution in [0.1, 0.15) is 26.2 Å². The predicted molar refractivity (Wildman–Crippen MR) is 125 cm³/mol. The molecule has 0 unspecified atom stereocenters. The number of pyridine rings is 1. The third kappa shape index (κ3) is 3.16. The highest BCUT2D eigenvalue weighted by Gasteiger charge is 2.61. The Hall–Kier alpha value is -3.81. The second-order valence-electron chi connectivity index (χ2n) is 9.00. The number of benzene rings is 1. The van der Waals surface area contributed by atoms with Crippen LogP contribution in [0.15, 0.2) is 48.9 Å². The summed E-state index contributed by atoms with van der Waals surface area (Å²) in [6, 6.07) is 11.8. The van der Waals surface area contributed by atoms with Crippen LogP contribution in [0.3, 0.4) is 0 Å². The van der Waals surface area contributed by atoms with Gasteiger partial charge in [-0.15, -0.1) is 0 Å². The molecule has 3 aromatic heterocycles. The molecule has 3 aliphatic carbocycles. The van der Waals surface area contributed by atoms with Gasteiger partial charge in [-0.2, -0.15) is 5.10 Å². The number of carbonyl (C=O) groups excluding carboxylic acids is 1. The minimum atomic E-state index is -0.218. The average molecular weight is 441 g/mol. The number of nitrogens with one attached hydrogen (secondary N) is 1. The zero-order valence-electron chi connectivity index (χ0n) is 18.6. The first-order chi connectivity index (χ1) is 16.1. The van der Waals surface area contributed by atoms with Crippen molar-refractivity contribution in [1.29, 1.82) is 0 Å². The molecule has 7 rings (SSSR count). The van der Waals surface area contributed by atoms with Crippen molar-refractivity contribution < 1.29 is 9.53 Å². The number of ether oxygens (including phenoxy) is 1. The Morgan fingerprint density at radius 2 is 1.97 bits per heavy atom. The Morgan fingerprint density at radius 1 is 1.18 bits per heavy atom. The van der Waals surface area contributed by atoms with E-state index in [9.17, 15) is 4.79 Å². The molecule has 3 aliphatic rings. The first-order valence-electron chi connectivity index (χ1n) is 11.3. The molecule has 0 spiro atoms. The van der Waals surface area contributed by atoms with Gasteiger partial charge in [0, 0.05) is 30.4 Å². The number of hydrogen-bond donors (Lipinski definition) is 1. The third-order valence-corrected chi connectivity index (χ3v) is 6.76. The van der Waals surface area contributed by atoms with Crippen LogP contribution in [0.2, 0.25) is 0 Å². The summed E-state index contributed by atoms with van der Waals surface area (Å²) < 4.78 is 7.58. The number of amides is 1. The van der Waals surface area contributed by atoms with E-state index < -0.39 is 0 Å². The standard InChI is InChI=1S/C25H24N6O2/c1-3-33-19-9-18-22(28-23(19)29-24(32)25-10-15(11-25)12-25)21(27-14-26-18)17-13-31(2)30-20(17)16-7-5-4-6-8-16/h4-9,13-15H,3,10-12H2,1-2H3,(H,28,29,32). The largest absolute Gasteiger partial charge is 0.490 e. The van der Waals surface area contributed by atoms with Gasteiger partial charge in [0.15, 0.2) is 11.6 Å². The normalized spacial score (nSPS) is 20.7. The summed E-state index contributed by atoms with van der Waals surface area (Å²) in [5.74, 6) is 1.68. The van der Waals surface area contributed by atoms with E-state index in [1.165, 1.54) is 6.33 Å². The van der Waals surface area contributed by atoms with Crippen molar-refractivity contribution in [3.8, 4) is 28.3 Å². The van der Waals surface area contributed by atoms with Gasteiger partial charge in [-0.05, 0) is 32.1 Å². The molecule has 8 nitrogen and oxygen atoms in total. The van der Waals surface area contributed by atoms with E-state index in [0.717, 1.165) is 36.1 Å². The monoisotopic (exact) mass is 440 g/mol. The molecular weight excluding hydrogens is 416 g/mol. The molecule has 2 bridgehead atoms. The maximum atomic E-state index is 13.0. The van der Waals surface area contributed by atoms with Crippen LogP contribution in [0.5, 0.6) is 5.75 Å². The molecule has 0 atom stereocenters. The van der Waals surface area contributed by atoms with Crippen molar-refractivity contribution >= 4 is 22.8 Å². The summed E-state index contributed by atoms with van der Waals surface area (Å²) in [5.41, 5.74) is 4.34. The molecule has 8 heteroatoms. The maximum Gasteiger partial charge on any atom is 0.231 e. The summed E-state index contributed by atoms with van der Waals surface area (Å²) in [6.45, 7) is 2.37. The van der Waals surface area contributed by atoms with E-state index in [1.807, 2.05) is 56.6 Å². The van der Waals surface area contributed by atoms with Gasteiger partial charge in [0.1, 0.15) is 23.2 Å². The number of aromatic nitrogens is 5. The molecule has 166 valence electrons. The Balaban J connectivity index is 1.48. The molecule has 4 aromatic rings. The molecule has 3 fully saturated rings. The molecule has 33 heavy (non-hydrogen) atoms. The molecule has 0 radical (unpaired) electrons. The highest BCUT2D eigenvalue weighted by molar-refractivity contribution is 6.00. The average Bonchev–Trinajstić information content (AvgIpc) is 3.14. The van der Waals surface area contributed by atoms with Crippen LogP contribution in [-0.2, 0) is 11.8 Å². The minimum Gasteiger partial charge on any atom is -0.490 e. The summed E-state index contributed by atoms with van der Waals surface area (Å²) in [4.78, 5) is 26.8. The van der Waals surface area contributed by atoms with E-state index in [-0.39, 0.29) is 11.3 Å². The van der Waals surface area contributed by atoms with Crippen LogP contribution >= 0.6 is 0 Å². The summed E-state index contributed by atoms with van der Waals surface area (Å²) in [6.07, 6.45) is 6.38. The van der Waals surface area contributed by atoms with E-state index in [1.54, 1.807) is 4.68 Å². The zero-order valence-corrected chi connectivity index (χ0v) is 18.6. The van der Waals surface area contributed by atoms with Crippen molar-refractivity contribution in [3.63, 3.8) is 0 Å². The van der Waals surface area contributed by atoms with Crippen LogP contribution in [0, 0.1) is 11.3 Å². The quantitative estimate of drug-likeness (QED) is 0.482. The highest BCUT2D eigenvalue weighted by atomic mass is 16.5. The minimum absolute atomic E-state index is 0.0301. The Bertz CT molecular complexity index is 1360. The van der Waals surface area contributed by atoms with Gasteiger partial charge in [-0.1, -0.05) is 30.3 Å². The number of aryl methyl sites for hydroxylation is 1. The molecule has 3 saturated carbocycles. The summed E-state index contributed by atoms with van der Waals surface area (Å²) >= 11 is 0. The summed E-state index contributed by atoms with van der Waals surface area (Å²) in [7, 11) is 1.88. The topological polar surface area (TPSA) is 94.8 Å². The number of carbonyl (C=O) groups is 1. The smallest absolute Gasteiger partial charge is 0.231 e. The fourth-order valence-corrected chi connectivity index (χ4v) is 4.99. The lowest BCUT2D eigenvalue weighted by atomic mass is 9.44. The second kappa shape index (κ2) is 7.37. The molecule has 1 N–H and O–H groups in total. The molecule has 1 aromatic carbocycles. The summed E-state index contributed by atoms with van der Waals surface area (Å²) in [5, 5.41) is 7.72. The van der Waals surface area contributed by atoms with E-state index >= 15 is 0 Å². The SMILES string of the molecule is CCOc1cc2ncnc(-c3cn(C)nc3-c3ccccc3)c2nc1NC(=O)C12CC(C1)C2. The Labute approximate surface area is 191 Å². The molecule has 0 saturated heterocycles. The van der Waals surface area contributed by atoms with Crippen LogP contribution in [0.4, 0.5) is 5.82 Å².